The lowest BCUT2D eigenvalue weighted by molar-refractivity contribution is 0.102. The molecule has 0 saturated heterocycles. The second-order valence-electron chi connectivity index (χ2n) is 7.42. The third-order valence-corrected chi connectivity index (χ3v) is 6.61. The number of nitrogens with one attached hydrogen (secondary N) is 1. The van der Waals surface area contributed by atoms with Gasteiger partial charge < -0.3 is 5.32 Å². The van der Waals surface area contributed by atoms with Crippen LogP contribution in [-0.4, -0.2) is 10.9 Å². The summed E-state index contributed by atoms with van der Waals surface area (Å²) in [6, 6.07) is 17.9. The van der Waals surface area contributed by atoms with Gasteiger partial charge in [-0.05, 0) is 62.6 Å². The molecule has 4 aromatic rings. The summed E-state index contributed by atoms with van der Waals surface area (Å²) in [4.78, 5) is 19.1. The van der Waals surface area contributed by atoms with Gasteiger partial charge in [0.05, 0.1) is 22.3 Å². The van der Waals surface area contributed by atoms with Crippen LogP contribution in [0, 0.1) is 39.0 Å². The first-order valence-corrected chi connectivity index (χ1v) is 10.5. The lowest BCUT2D eigenvalue weighted by atomic mass is 10.0. The fraction of sp³-hybridized carbons (Fsp3) is 0.160. The Morgan fingerprint density at radius 3 is 2.53 bits per heavy atom. The van der Waals surface area contributed by atoms with Crippen LogP contribution in [-0.2, 0) is 0 Å². The summed E-state index contributed by atoms with van der Waals surface area (Å²) in [7, 11) is 0. The van der Waals surface area contributed by atoms with E-state index in [2.05, 4.69) is 37.4 Å². The van der Waals surface area contributed by atoms with Gasteiger partial charge >= 0.3 is 0 Å². The first-order valence-electron chi connectivity index (χ1n) is 9.68. The standard InChI is InChI=1S/C25H21N3OS/c1-14-9-10-18(11-15(14)2)23-12-20(19-7-5-6-8-22(19)27-23)24(29)28-25-21(13-26)16(3)17(4)30-25/h5-12H,1-4H3,(H,28,29). The number of anilines is 1. The van der Waals surface area contributed by atoms with Crippen molar-refractivity contribution < 1.29 is 4.79 Å². The number of aryl methyl sites for hydroxylation is 3. The Balaban J connectivity index is 1.83. The van der Waals surface area contributed by atoms with Crippen molar-refractivity contribution in [1.82, 2.24) is 4.98 Å². The van der Waals surface area contributed by atoms with Crippen LogP contribution in [0.15, 0.2) is 48.5 Å². The molecule has 0 atom stereocenters. The molecule has 2 aromatic heterocycles. The van der Waals surface area contributed by atoms with Crippen LogP contribution in [0.4, 0.5) is 5.00 Å². The van der Waals surface area contributed by atoms with Crippen molar-refractivity contribution in [3.05, 3.63) is 81.2 Å². The van der Waals surface area contributed by atoms with E-state index in [0.717, 1.165) is 32.6 Å². The maximum Gasteiger partial charge on any atom is 0.257 e. The molecule has 4 rings (SSSR count). The number of nitrogens with zero attached hydrogens (tertiary/aromatic N) is 2. The van der Waals surface area contributed by atoms with Gasteiger partial charge in [-0.2, -0.15) is 5.26 Å². The summed E-state index contributed by atoms with van der Waals surface area (Å²) in [6.45, 7) is 8.00. The van der Waals surface area contributed by atoms with Crippen molar-refractivity contribution in [1.29, 1.82) is 5.26 Å². The van der Waals surface area contributed by atoms with Crippen LogP contribution in [0.25, 0.3) is 22.2 Å². The van der Waals surface area contributed by atoms with E-state index < -0.39 is 0 Å². The molecular formula is C25H21N3OS. The zero-order valence-corrected chi connectivity index (χ0v) is 18.1. The van der Waals surface area contributed by atoms with E-state index in [1.54, 1.807) is 0 Å². The summed E-state index contributed by atoms with van der Waals surface area (Å²) in [5.74, 6) is -0.239. The highest BCUT2D eigenvalue weighted by atomic mass is 32.1. The Bertz CT molecular complexity index is 1340. The Kier molecular flexibility index (Phi) is 5.11. The topological polar surface area (TPSA) is 65.8 Å². The van der Waals surface area contributed by atoms with E-state index in [-0.39, 0.29) is 5.91 Å². The highest BCUT2D eigenvalue weighted by Gasteiger charge is 2.18. The molecule has 5 heteroatoms. The van der Waals surface area contributed by atoms with Crippen molar-refractivity contribution in [3.8, 4) is 17.3 Å². The summed E-state index contributed by atoms with van der Waals surface area (Å²) in [5, 5.41) is 13.8. The number of fused-ring (bicyclic) bond motifs is 1. The molecule has 0 unspecified atom stereocenters. The summed E-state index contributed by atoms with van der Waals surface area (Å²) in [6.07, 6.45) is 0. The van der Waals surface area contributed by atoms with E-state index >= 15 is 0 Å². The average molecular weight is 412 g/mol. The van der Waals surface area contributed by atoms with Gasteiger partial charge in [0.15, 0.2) is 0 Å². The van der Waals surface area contributed by atoms with Gasteiger partial charge in [0.1, 0.15) is 11.1 Å². The minimum atomic E-state index is -0.239. The number of carbonyl (C=O) groups is 1. The van der Waals surface area contributed by atoms with E-state index in [0.29, 0.717) is 16.1 Å². The number of hydrogen-bond donors (Lipinski definition) is 1. The largest absolute Gasteiger partial charge is 0.312 e. The third-order valence-electron chi connectivity index (χ3n) is 5.49. The predicted molar refractivity (Wildman–Crippen MR) is 123 cm³/mol. The highest BCUT2D eigenvalue weighted by Crippen LogP contribution is 2.33. The molecule has 0 bridgehead atoms. The highest BCUT2D eigenvalue weighted by molar-refractivity contribution is 7.16. The van der Waals surface area contributed by atoms with Gasteiger partial charge in [0, 0.05) is 15.8 Å². The number of benzene rings is 2. The Morgan fingerprint density at radius 2 is 1.80 bits per heavy atom. The smallest absolute Gasteiger partial charge is 0.257 e. The number of nitriles is 1. The maximum atomic E-state index is 13.3. The van der Waals surface area contributed by atoms with Crippen LogP contribution < -0.4 is 5.32 Å². The predicted octanol–water partition coefficient (Wildman–Crippen LogP) is 6.32. The van der Waals surface area contributed by atoms with Gasteiger partial charge in [-0.3, -0.25) is 4.79 Å². The fourth-order valence-corrected chi connectivity index (χ4v) is 4.44. The number of pyridine rings is 1. The van der Waals surface area contributed by atoms with Crippen molar-refractivity contribution in [2.45, 2.75) is 27.7 Å². The SMILES string of the molecule is Cc1ccc(-c2cc(C(=O)Nc3sc(C)c(C)c3C#N)c3ccccc3n2)cc1C. The molecule has 0 saturated carbocycles. The summed E-state index contributed by atoms with van der Waals surface area (Å²) in [5.41, 5.74) is 6.85. The molecule has 4 nitrogen and oxygen atoms in total. The van der Waals surface area contributed by atoms with Gasteiger partial charge in [0.25, 0.3) is 5.91 Å². The summed E-state index contributed by atoms with van der Waals surface area (Å²) < 4.78 is 0. The van der Waals surface area contributed by atoms with E-state index in [4.69, 9.17) is 4.98 Å². The molecule has 0 spiro atoms. The number of hydrogen-bond acceptors (Lipinski definition) is 4. The molecule has 0 aliphatic rings. The fourth-order valence-electron chi connectivity index (χ4n) is 3.43. The quantitative estimate of drug-likeness (QED) is 0.429. The van der Waals surface area contributed by atoms with Crippen LogP contribution >= 0.6 is 11.3 Å². The molecular weight excluding hydrogens is 390 g/mol. The second-order valence-corrected chi connectivity index (χ2v) is 8.65. The van der Waals surface area contributed by atoms with E-state index in [1.807, 2.05) is 50.2 Å². The lowest BCUT2D eigenvalue weighted by Crippen LogP contribution is -2.13. The van der Waals surface area contributed by atoms with E-state index in [9.17, 15) is 10.1 Å². The van der Waals surface area contributed by atoms with Crippen LogP contribution in [0.1, 0.15) is 37.5 Å². The Morgan fingerprint density at radius 1 is 1.03 bits per heavy atom. The Hall–Kier alpha value is -3.49. The van der Waals surface area contributed by atoms with Crippen molar-refractivity contribution in [2.75, 3.05) is 5.32 Å². The zero-order valence-electron chi connectivity index (χ0n) is 17.3. The molecule has 30 heavy (non-hydrogen) atoms. The molecule has 0 fully saturated rings. The van der Waals surface area contributed by atoms with Gasteiger partial charge in [-0.25, -0.2) is 4.98 Å². The number of amides is 1. The van der Waals surface area contributed by atoms with Gasteiger partial charge in [0.2, 0.25) is 0 Å². The number of para-hydroxylation sites is 1. The number of rotatable bonds is 3. The number of carbonyl (C=O) groups excluding carboxylic acids is 1. The minimum Gasteiger partial charge on any atom is -0.312 e. The molecule has 0 radical (unpaired) electrons. The molecule has 1 N–H and O–H groups in total. The lowest BCUT2D eigenvalue weighted by Gasteiger charge is -2.11. The van der Waals surface area contributed by atoms with Crippen molar-refractivity contribution in [3.63, 3.8) is 0 Å². The number of thiophene rings is 1. The van der Waals surface area contributed by atoms with Crippen LogP contribution in [0.2, 0.25) is 0 Å². The monoisotopic (exact) mass is 411 g/mol. The van der Waals surface area contributed by atoms with Gasteiger partial charge in [-0.15, -0.1) is 11.3 Å². The molecule has 2 heterocycles. The number of aromatic nitrogens is 1. The van der Waals surface area contributed by atoms with Crippen molar-refractivity contribution >= 4 is 33.1 Å². The first kappa shape index (κ1) is 19.8. The normalized spacial score (nSPS) is 10.8. The summed E-state index contributed by atoms with van der Waals surface area (Å²) >= 11 is 1.43. The average Bonchev–Trinajstić information content (AvgIpc) is 3.01. The molecule has 148 valence electrons. The van der Waals surface area contributed by atoms with Gasteiger partial charge in [-0.1, -0.05) is 30.3 Å². The first-order chi connectivity index (χ1) is 14.4. The minimum absolute atomic E-state index is 0.239. The molecule has 2 aromatic carbocycles. The van der Waals surface area contributed by atoms with E-state index in [1.165, 1.54) is 22.5 Å². The Labute approximate surface area is 179 Å². The maximum absolute atomic E-state index is 13.3. The van der Waals surface area contributed by atoms with Crippen LogP contribution in [0.3, 0.4) is 0 Å². The zero-order chi connectivity index (χ0) is 21.4. The van der Waals surface area contributed by atoms with Crippen molar-refractivity contribution in [2.24, 2.45) is 0 Å². The molecule has 0 aliphatic heterocycles. The van der Waals surface area contributed by atoms with Crippen LogP contribution in [0.5, 0.6) is 0 Å². The molecule has 0 aliphatic carbocycles. The third kappa shape index (κ3) is 3.47. The second kappa shape index (κ2) is 7.74. The molecule has 1 amide bonds.